The van der Waals surface area contributed by atoms with Crippen LogP contribution in [-0.2, 0) is 4.74 Å². The van der Waals surface area contributed by atoms with Crippen molar-refractivity contribution >= 4 is 17.5 Å². The summed E-state index contributed by atoms with van der Waals surface area (Å²) in [6.45, 7) is 6.27. The van der Waals surface area contributed by atoms with E-state index in [-0.39, 0.29) is 28.6 Å². The zero-order valence-electron chi connectivity index (χ0n) is 22.5. The summed E-state index contributed by atoms with van der Waals surface area (Å²) < 4.78 is 27.6. The Balaban J connectivity index is 1.20. The van der Waals surface area contributed by atoms with Gasteiger partial charge in [-0.2, -0.15) is 0 Å². The first-order valence-corrected chi connectivity index (χ1v) is 13.3. The van der Waals surface area contributed by atoms with Crippen LogP contribution in [0, 0.1) is 12.7 Å². The maximum absolute atomic E-state index is 15.0. The summed E-state index contributed by atoms with van der Waals surface area (Å²) in [6.07, 6.45) is 2.25. The molecule has 0 spiro atoms. The topological polar surface area (TPSA) is 124 Å². The van der Waals surface area contributed by atoms with Crippen molar-refractivity contribution in [2.24, 2.45) is 0 Å². The van der Waals surface area contributed by atoms with Gasteiger partial charge in [0.05, 0.1) is 24.6 Å². The largest absolute Gasteiger partial charge is 0.452 e. The molecule has 0 unspecified atom stereocenters. The second-order valence-electron chi connectivity index (χ2n) is 9.39. The van der Waals surface area contributed by atoms with Gasteiger partial charge in [0.25, 0.3) is 11.8 Å². The van der Waals surface area contributed by atoms with E-state index in [0.29, 0.717) is 12.2 Å². The molecule has 1 fully saturated rings. The molecule has 2 aromatic carbocycles. The number of para-hydroxylation sites is 1. The fraction of sp³-hybridized carbons (Fsp3) is 0.276. The first-order valence-electron chi connectivity index (χ1n) is 13.3. The van der Waals surface area contributed by atoms with Crippen molar-refractivity contribution < 1.29 is 23.5 Å². The van der Waals surface area contributed by atoms with Crippen LogP contribution >= 0.6 is 0 Å². The van der Waals surface area contributed by atoms with Crippen molar-refractivity contribution in [1.82, 2.24) is 30.2 Å². The van der Waals surface area contributed by atoms with Gasteiger partial charge in [-0.3, -0.25) is 14.5 Å². The average Bonchev–Trinajstić information content (AvgIpc) is 3.39. The van der Waals surface area contributed by atoms with Crippen LogP contribution in [0.3, 0.4) is 0 Å². The molecule has 5 rings (SSSR count). The summed E-state index contributed by atoms with van der Waals surface area (Å²) in [5.74, 6) is -1.68. The molecule has 0 radical (unpaired) electrons. The number of amides is 2. The SMILES string of the molecule is Cc1c(C(=O)Nc2ccc(Oc3cccnc3C(=O)NCCCN3CCOCC3)c(F)c2)nnn1-c1ccccc1. The third-order valence-electron chi connectivity index (χ3n) is 6.55. The third kappa shape index (κ3) is 6.91. The molecular formula is C29H30FN7O4. The average molecular weight is 560 g/mol. The van der Waals surface area contributed by atoms with E-state index in [1.54, 1.807) is 23.7 Å². The van der Waals surface area contributed by atoms with Gasteiger partial charge in [-0.1, -0.05) is 23.4 Å². The van der Waals surface area contributed by atoms with E-state index in [1.807, 2.05) is 30.3 Å². The molecule has 4 aromatic rings. The number of nitrogens with one attached hydrogen (secondary N) is 2. The summed E-state index contributed by atoms with van der Waals surface area (Å²) in [5, 5.41) is 13.5. The highest BCUT2D eigenvalue weighted by molar-refractivity contribution is 6.03. The molecule has 212 valence electrons. The van der Waals surface area contributed by atoms with Gasteiger partial charge < -0.3 is 20.1 Å². The molecule has 1 saturated heterocycles. The van der Waals surface area contributed by atoms with E-state index in [9.17, 15) is 9.59 Å². The number of benzene rings is 2. The molecule has 2 N–H and O–H groups in total. The Morgan fingerprint density at radius 1 is 1.00 bits per heavy atom. The van der Waals surface area contributed by atoms with Gasteiger partial charge >= 0.3 is 0 Å². The highest BCUT2D eigenvalue weighted by Gasteiger charge is 2.20. The molecule has 0 aliphatic carbocycles. The number of carbonyl (C=O) groups is 2. The van der Waals surface area contributed by atoms with Crippen LogP contribution in [-0.4, -0.2) is 76.1 Å². The Hall–Kier alpha value is -4.68. The van der Waals surface area contributed by atoms with E-state index in [2.05, 4.69) is 30.8 Å². The van der Waals surface area contributed by atoms with Crippen LogP contribution in [0.5, 0.6) is 11.5 Å². The molecule has 41 heavy (non-hydrogen) atoms. The minimum atomic E-state index is -0.729. The van der Waals surface area contributed by atoms with Crippen molar-refractivity contribution in [3.8, 4) is 17.2 Å². The van der Waals surface area contributed by atoms with Crippen molar-refractivity contribution in [3.05, 3.63) is 89.8 Å². The Morgan fingerprint density at radius 3 is 2.59 bits per heavy atom. The van der Waals surface area contributed by atoms with Gasteiger partial charge in [-0.15, -0.1) is 5.10 Å². The minimum Gasteiger partial charge on any atom is -0.452 e. The molecule has 1 aliphatic rings. The lowest BCUT2D eigenvalue weighted by molar-refractivity contribution is 0.0374. The number of ether oxygens (including phenoxy) is 2. The van der Waals surface area contributed by atoms with E-state index in [0.717, 1.165) is 51.0 Å². The van der Waals surface area contributed by atoms with Crippen LogP contribution in [0.25, 0.3) is 5.69 Å². The monoisotopic (exact) mass is 559 g/mol. The lowest BCUT2D eigenvalue weighted by Gasteiger charge is -2.26. The van der Waals surface area contributed by atoms with E-state index < -0.39 is 17.6 Å². The molecule has 3 heterocycles. The number of pyridine rings is 1. The molecule has 0 atom stereocenters. The fourth-order valence-corrected chi connectivity index (χ4v) is 4.38. The van der Waals surface area contributed by atoms with Crippen molar-refractivity contribution in [3.63, 3.8) is 0 Å². The van der Waals surface area contributed by atoms with Gasteiger partial charge in [0, 0.05) is 37.6 Å². The summed E-state index contributed by atoms with van der Waals surface area (Å²) in [4.78, 5) is 32.0. The van der Waals surface area contributed by atoms with Gasteiger partial charge in [-0.25, -0.2) is 14.1 Å². The number of aromatic nitrogens is 4. The number of nitrogens with zero attached hydrogens (tertiary/aromatic N) is 5. The summed E-state index contributed by atoms with van der Waals surface area (Å²) >= 11 is 0. The molecule has 2 aromatic heterocycles. The van der Waals surface area contributed by atoms with E-state index >= 15 is 4.39 Å². The molecular weight excluding hydrogens is 529 g/mol. The van der Waals surface area contributed by atoms with Gasteiger partial charge in [0.2, 0.25) is 0 Å². The van der Waals surface area contributed by atoms with E-state index in [4.69, 9.17) is 9.47 Å². The Bertz CT molecular complexity index is 1510. The second-order valence-corrected chi connectivity index (χ2v) is 9.39. The normalized spacial score (nSPS) is 13.5. The molecule has 0 saturated carbocycles. The maximum atomic E-state index is 15.0. The Labute approximate surface area is 236 Å². The highest BCUT2D eigenvalue weighted by Crippen LogP contribution is 2.28. The predicted octanol–water partition coefficient (Wildman–Crippen LogP) is 3.61. The lowest BCUT2D eigenvalue weighted by Crippen LogP contribution is -2.38. The first kappa shape index (κ1) is 27.9. The number of halogens is 1. The van der Waals surface area contributed by atoms with Crippen LogP contribution in [0.4, 0.5) is 10.1 Å². The first-order chi connectivity index (χ1) is 20.0. The fourth-order valence-electron chi connectivity index (χ4n) is 4.38. The van der Waals surface area contributed by atoms with Crippen molar-refractivity contribution in [2.75, 3.05) is 44.7 Å². The van der Waals surface area contributed by atoms with Crippen molar-refractivity contribution in [2.45, 2.75) is 13.3 Å². The highest BCUT2D eigenvalue weighted by atomic mass is 19.1. The predicted molar refractivity (Wildman–Crippen MR) is 149 cm³/mol. The number of carbonyl (C=O) groups excluding carboxylic acids is 2. The number of hydrogen-bond acceptors (Lipinski definition) is 8. The maximum Gasteiger partial charge on any atom is 0.278 e. The van der Waals surface area contributed by atoms with E-state index in [1.165, 1.54) is 18.3 Å². The molecule has 0 bridgehead atoms. The number of rotatable bonds is 10. The van der Waals surface area contributed by atoms with Gasteiger partial charge in [-0.05, 0) is 56.3 Å². The standard InChI is InChI=1S/C29H30FN7O4/c1-20-26(34-35-37(20)22-7-3-2-4-8-22)29(39)33-21-10-11-24(23(30)19-21)41-25-9-5-12-31-27(25)28(38)32-13-6-14-36-15-17-40-18-16-36/h2-5,7-12,19H,6,13-18H2,1H3,(H,32,38)(H,33,39). The Kier molecular flexibility index (Phi) is 8.92. The molecule has 2 amide bonds. The zero-order valence-corrected chi connectivity index (χ0v) is 22.5. The van der Waals surface area contributed by atoms with Crippen LogP contribution < -0.4 is 15.4 Å². The van der Waals surface area contributed by atoms with Gasteiger partial charge in [0.15, 0.2) is 28.7 Å². The van der Waals surface area contributed by atoms with Crippen molar-refractivity contribution in [1.29, 1.82) is 0 Å². The number of morpholine rings is 1. The van der Waals surface area contributed by atoms with Crippen LogP contribution in [0.15, 0.2) is 66.9 Å². The van der Waals surface area contributed by atoms with Crippen LogP contribution in [0.1, 0.15) is 33.1 Å². The zero-order chi connectivity index (χ0) is 28.6. The number of hydrogen-bond donors (Lipinski definition) is 2. The number of anilines is 1. The smallest absolute Gasteiger partial charge is 0.278 e. The quantitative estimate of drug-likeness (QED) is 0.283. The summed E-state index contributed by atoms with van der Waals surface area (Å²) in [6, 6.07) is 16.4. The molecule has 11 nitrogen and oxygen atoms in total. The minimum absolute atomic E-state index is 0.0487. The summed E-state index contributed by atoms with van der Waals surface area (Å²) in [7, 11) is 0. The Morgan fingerprint density at radius 2 is 1.80 bits per heavy atom. The summed E-state index contributed by atoms with van der Waals surface area (Å²) in [5.41, 5.74) is 1.68. The molecule has 12 heteroatoms. The van der Waals surface area contributed by atoms with Crippen LogP contribution in [0.2, 0.25) is 0 Å². The second kappa shape index (κ2) is 13.1. The lowest BCUT2D eigenvalue weighted by atomic mass is 10.2. The third-order valence-corrected chi connectivity index (χ3v) is 6.55. The molecule has 1 aliphatic heterocycles. The van der Waals surface area contributed by atoms with Gasteiger partial charge in [0.1, 0.15) is 0 Å².